The van der Waals surface area contributed by atoms with Gasteiger partial charge in [-0.05, 0) is 38.6 Å². The van der Waals surface area contributed by atoms with Crippen molar-refractivity contribution in [3.05, 3.63) is 76.8 Å². The van der Waals surface area contributed by atoms with E-state index in [1.165, 1.54) is 6.07 Å². The first-order valence-electron chi connectivity index (χ1n) is 11.2. The summed E-state index contributed by atoms with van der Waals surface area (Å²) in [5.41, 5.74) is 4.14. The Hall–Kier alpha value is -3.06. The number of rotatable bonds is 7. The van der Waals surface area contributed by atoms with Crippen LogP contribution in [0.2, 0.25) is 0 Å². The fourth-order valence-corrected chi connectivity index (χ4v) is 4.59. The van der Waals surface area contributed by atoms with Gasteiger partial charge < -0.3 is 24.1 Å². The molecule has 4 rings (SSSR count). The second-order valence-electron chi connectivity index (χ2n) is 8.27. The normalized spacial score (nSPS) is 14.7. The molecule has 1 fully saturated rings. The van der Waals surface area contributed by atoms with E-state index in [-0.39, 0.29) is 11.7 Å². The Kier molecular flexibility index (Phi) is 6.65. The molecule has 7 heteroatoms. The lowest BCUT2D eigenvalue weighted by Crippen LogP contribution is -2.46. The second-order valence-corrected chi connectivity index (χ2v) is 8.27. The fraction of sp³-hybridized carbons (Fsp3) is 0.400. The zero-order valence-electron chi connectivity index (χ0n) is 19.0. The van der Waals surface area contributed by atoms with Crippen molar-refractivity contribution >= 4 is 11.6 Å². The Morgan fingerprint density at radius 1 is 1.09 bits per heavy atom. The van der Waals surface area contributed by atoms with Crippen LogP contribution in [-0.2, 0) is 13.1 Å². The van der Waals surface area contributed by atoms with Gasteiger partial charge in [-0.1, -0.05) is 25.1 Å². The lowest BCUT2D eigenvalue weighted by molar-refractivity contribution is 0.0938. The molecule has 0 radical (unpaired) electrons. The molecule has 1 aliphatic heterocycles. The Balaban J connectivity index is 1.68. The lowest BCUT2D eigenvalue weighted by Gasteiger charge is -2.36. The van der Waals surface area contributed by atoms with E-state index in [9.17, 15) is 9.18 Å². The van der Waals surface area contributed by atoms with Crippen molar-refractivity contribution < 1.29 is 13.6 Å². The minimum atomic E-state index is -0.265. The molecule has 1 saturated heterocycles. The summed E-state index contributed by atoms with van der Waals surface area (Å²) >= 11 is 0. The predicted octanol–water partition coefficient (Wildman–Crippen LogP) is 3.96. The van der Waals surface area contributed by atoms with Crippen LogP contribution in [0, 0.1) is 19.7 Å². The highest BCUT2D eigenvalue weighted by molar-refractivity contribution is 5.96. The number of furan rings is 1. The van der Waals surface area contributed by atoms with Gasteiger partial charge >= 0.3 is 0 Å². The van der Waals surface area contributed by atoms with Crippen LogP contribution in [0.3, 0.4) is 0 Å². The van der Waals surface area contributed by atoms with Crippen molar-refractivity contribution in [2.24, 2.45) is 0 Å². The number of halogens is 1. The van der Waals surface area contributed by atoms with Gasteiger partial charge in [-0.25, -0.2) is 4.39 Å². The molecule has 0 unspecified atom stereocenters. The number of likely N-dealkylation sites (N-methyl/N-ethyl adjacent to an activating group) is 1. The van der Waals surface area contributed by atoms with Gasteiger partial charge in [0.25, 0.3) is 5.91 Å². The van der Waals surface area contributed by atoms with Crippen LogP contribution < -0.4 is 10.2 Å². The Morgan fingerprint density at radius 3 is 2.50 bits per heavy atom. The third kappa shape index (κ3) is 4.43. The van der Waals surface area contributed by atoms with E-state index < -0.39 is 0 Å². The molecule has 1 aliphatic rings. The van der Waals surface area contributed by atoms with Crippen molar-refractivity contribution in [2.45, 2.75) is 33.9 Å². The largest absolute Gasteiger partial charge is 0.467 e. The average Bonchev–Trinajstić information content (AvgIpc) is 3.40. The number of piperazine rings is 1. The van der Waals surface area contributed by atoms with Gasteiger partial charge in [-0.15, -0.1) is 0 Å². The molecule has 32 heavy (non-hydrogen) atoms. The quantitative estimate of drug-likeness (QED) is 0.607. The number of nitrogens with zero attached hydrogens (tertiary/aromatic N) is 3. The predicted molar refractivity (Wildman–Crippen MR) is 124 cm³/mol. The first-order chi connectivity index (χ1) is 15.5. The summed E-state index contributed by atoms with van der Waals surface area (Å²) in [5, 5.41) is 2.97. The smallest absolute Gasteiger partial charge is 0.268 e. The molecule has 3 aromatic rings. The summed E-state index contributed by atoms with van der Waals surface area (Å²) < 4.78 is 21.8. The van der Waals surface area contributed by atoms with Crippen molar-refractivity contribution in [3.8, 4) is 0 Å². The van der Waals surface area contributed by atoms with Crippen LogP contribution >= 0.6 is 0 Å². The highest BCUT2D eigenvalue weighted by Crippen LogP contribution is 2.32. The third-order valence-corrected chi connectivity index (χ3v) is 6.37. The Morgan fingerprint density at radius 2 is 1.84 bits per heavy atom. The van der Waals surface area contributed by atoms with E-state index in [2.05, 4.69) is 22.0 Å². The summed E-state index contributed by atoms with van der Waals surface area (Å²) in [6.07, 6.45) is 1.59. The number of hydrogen-bond acceptors (Lipinski definition) is 4. The van der Waals surface area contributed by atoms with E-state index >= 15 is 0 Å². The number of carbonyl (C=O) groups is 1. The summed E-state index contributed by atoms with van der Waals surface area (Å²) in [6, 6.07) is 10.4. The van der Waals surface area contributed by atoms with E-state index in [4.69, 9.17) is 4.42 Å². The van der Waals surface area contributed by atoms with Gasteiger partial charge in [0.15, 0.2) is 0 Å². The van der Waals surface area contributed by atoms with Crippen molar-refractivity contribution in [1.82, 2.24) is 14.8 Å². The third-order valence-electron chi connectivity index (χ3n) is 6.37. The molecule has 1 amide bonds. The van der Waals surface area contributed by atoms with Crippen molar-refractivity contribution in [3.63, 3.8) is 0 Å². The van der Waals surface area contributed by atoms with Gasteiger partial charge in [0.1, 0.15) is 17.3 Å². The summed E-state index contributed by atoms with van der Waals surface area (Å²) in [5.74, 6) is 0.242. The van der Waals surface area contributed by atoms with E-state index in [0.717, 1.165) is 49.7 Å². The second kappa shape index (κ2) is 9.61. The van der Waals surface area contributed by atoms with Crippen molar-refractivity contribution in [1.29, 1.82) is 0 Å². The monoisotopic (exact) mass is 438 g/mol. The average molecular weight is 439 g/mol. The molecular formula is C25H31FN4O2. The molecule has 3 heterocycles. The topological polar surface area (TPSA) is 53.6 Å². The number of amides is 1. The standard InChI is InChI=1S/C25H31FN4O2/c1-4-28-11-13-29(14-12-28)23-18(2)24(25(31)27-16-21-9-7-15-32-21)30(19(23)3)17-20-8-5-6-10-22(20)26/h5-10,15H,4,11-14,16-17H2,1-3H3,(H,27,31). The molecule has 0 saturated carbocycles. The molecule has 0 atom stereocenters. The molecule has 170 valence electrons. The van der Waals surface area contributed by atoms with Crippen LogP contribution in [0.1, 0.15) is 40.0 Å². The van der Waals surface area contributed by atoms with E-state index in [1.54, 1.807) is 24.5 Å². The maximum Gasteiger partial charge on any atom is 0.268 e. The molecular weight excluding hydrogens is 407 g/mol. The molecule has 0 spiro atoms. The van der Waals surface area contributed by atoms with Gasteiger partial charge in [0, 0.05) is 43.0 Å². The summed E-state index contributed by atoms with van der Waals surface area (Å²) in [4.78, 5) is 18.1. The molecule has 1 N–H and O–H groups in total. The minimum absolute atomic E-state index is 0.184. The minimum Gasteiger partial charge on any atom is -0.467 e. The van der Waals surface area contributed by atoms with Crippen LogP contribution in [0.15, 0.2) is 47.1 Å². The van der Waals surface area contributed by atoms with E-state index in [1.807, 2.05) is 30.5 Å². The van der Waals surface area contributed by atoms with Gasteiger partial charge in [0.05, 0.1) is 25.0 Å². The lowest BCUT2D eigenvalue weighted by atomic mass is 10.1. The maximum absolute atomic E-state index is 14.5. The number of nitrogens with one attached hydrogen (secondary N) is 1. The van der Waals surface area contributed by atoms with E-state index in [0.29, 0.717) is 30.1 Å². The number of benzene rings is 1. The number of aromatic nitrogens is 1. The number of anilines is 1. The molecule has 1 aromatic carbocycles. The van der Waals surface area contributed by atoms with Gasteiger partial charge in [-0.2, -0.15) is 0 Å². The number of carbonyl (C=O) groups excluding carboxylic acids is 1. The van der Waals surface area contributed by atoms with Crippen LogP contribution in [0.5, 0.6) is 0 Å². The summed E-state index contributed by atoms with van der Waals surface area (Å²) in [7, 11) is 0. The van der Waals surface area contributed by atoms with Crippen LogP contribution in [0.4, 0.5) is 10.1 Å². The number of hydrogen-bond donors (Lipinski definition) is 1. The summed E-state index contributed by atoms with van der Waals surface area (Å²) in [6.45, 7) is 11.7. The highest BCUT2D eigenvalue weighted by atomic mass is 19.1. The van der Waals surface area contributed by atoms with Crippen LogP contribution in [0.25, 0.3) is 0 Å². The molecule has 0 bridgehead atoms. The van der Waals surface area contributed by atoms with Crippen LogP contribution in [-0.4, -0.2) is 48.1 Å². The molecule has 6 nitrogen and oxygen atoms in total. The maximum atomic E-state index is 14.5. The Labute approximate surface area is 188 Å². The zero-order chi connectivity index (χ0) is 22.7. The Bertz CT molecular complexity index is 1070. The van der Waals surface area contributed by atoms with Gasteiger partial charge in [-0.3, -0.25) is 4.79 Å². The highest BCUT2D eigenvalue weighted by Gasteiger charge is 2.28. The van der Waals surface area contributed by atoms with Gasteiger partial charge in [0.2, 0.25) is 0 Å². The first-order valence-corrected chi connectivity index (χ1v) is 11.2. The van der Waals surface area contributed by atoms with Crippen molar-refractivity contribution in [2.75, 3.05) is 37.6 Å². The fourth-order valence-electron chi connectivity index (χ4n) is 4.59. The molecule has 0 aliphatic carbocycles. The zero-order valence-corrected chi connectivity index (χ0v) is 19.0. The molecule has 2 aromatic heterocycles. The SMILES string of the molecule is CCN1CCN(c2c(C)c(C(=O)NCc3ccco3)n(Cc3ccccc3F)c2C)CC1. The first kappa shape index (κ1) is 22.1.